The second-order valence-corrected chi connectivity index (χ2v) is 5.29. The number of amides is 1. The highest BCUT2D eigenvalue weighted by atomic mass is 32.2. The van der Waals surface area contributed by atoms with Crippen molar-refractivity contribution >= 4 is 17.7 Å². The van der Waals surface area contributed by atoms with Gasteiger partial charge in [0.25, 0.3) is 0 Å². The van der Waals surface area contributed by atoms with E-state index < -0.39 is 0 Å². The minimum Gasteiger partial charge on any atom is -0.356 e. The first-order valence-electron chi connectivity index (χ1n) is 5.82. The number of hydrogen-bond acceptors (Lipinski definition) is 3. The average molecular weight is 230 g/mol. The van der Waals surface area contributed by atoms with Crippen molar-refractivity contribution in [2.75, 3.05) is 31.6 Å². The predicted molar refractivity (Wildman–Crippen MR) is 66.2 cm³/mol. The molecule has 0 radical (unpaired) electrons. The van der Waals surface area contributed by atoms with Crippen LogP contribution in [-0.2, 0) is 4.79 Å². The molecule has 3 nitrogen and oxygen atoms in total. The largest absolute Gasteiger partial charge is 0.356 e. The standard InChI is InChI=1S/C11H22N2OS/c1-12-5-2-6-13-11(14)9-10-3-7-15-8-4-10/h10,12H,2-9H2,1H3,(H,13,14). The molecule has 0 saturated carbocycles. The normalized spacial score (nSPS) is 17.7. The van der Waals surface area contributed by atoms with E-state index in [-0.39, 0.29) is 5.91 Å². The van der Waals surface area contributed by atoms with Gasteiger partial charge in [-0.3, -0.25) is 4.79 Å². The van der Waals surface area contributed by atoms with Gasteiger partial charge in [0.2, 0.25) is 5.91 Å². The molecule has 0 aromatic carbocycles. The van der Waals surface area contributed by atoms with Crippen molar-refractivity contribution in [3.8, 4) is 0 Å². The van der Waals surface area contributed by atoms with Crippen molar-refractivity contribution in [1.29, 1.82) is 0 Å². The Labute approximate surface area is 96.8 Å². The zero-order chi connectivity index (χ0) is 10.9. The Hall–Kier alpha value is -0.220. The molecule has 88 valence electrons. The molecule has 0 aliphatic carbocycles. The molecule has 2 N–H and O–H groups in total. The Morgan fingerprint density at radius 3 is 2.73 bits per heavy atom. The Balaban J connectivity index is 2.01. The van der Waals surface area contributed by atoms with Crippen LogP contribution in [0.4, 0.5) is 0 Å². The molecule has 1 rings (SSSR count). The van der Waals surface area contributed by atoms with Crippen LogP contribution in [0.25, 0.3) is 0 Å². The molecule has 0 bridgehead atoms. The molecule has 1 heterocycles. The molecule has 0 spiro atoms. The van der Waals surface area contributed by atoms with Gasteiger partial charge >= 0.3 is 0 Å². The maximum atomic E-state index is 11.5. The van der Waals surface area contributed by atoms with Crippen molar-refractivity contribution in [3.05, 3.63) is 0 Å². The number of hydrogen-bond donors (Lipinski definition) is 2. The van der Waals surface area contributed by atoms with Gasteiger partial charge in [-0.15, -0.1) is 0 Å². The highest BCUT2D eigenvalue weighted by molar-refractivity contribution is 7.99. The van der Waals surface area contributed by atoms with Gasteiger partial charge in [-0.2, -0.15) is 11.8 Å². The molecule has 0 aromatic rings. The summed E-state index contributed by atoms with van der Waals surface area (Å²) in [6, 6.07) is 0. The lowest BCUT2D eigenvalue weighted by atomic mass is 9.98. The van der Waals surface area contributed by atoms with Crippen LogP contribution in [0, 0.1) is 5.92 Å². The molecule has 0 atom stereocenters. The lowest BCUT2D eigenvalue weighted by molar-refractivity contribution is -0.122. The maximum Gasteiger partial charge on any atom is 0.220 e. The average Bonchev–Trinajstić information content (AvgIpc) is 2.26. The van der Waals surface area contributed by atoms with E-state index in [1.807, 2.05) is 18.8 Å². The molecule has 1 amide bonds. The van der Waals surface area contributed by atoms with Crippen LogP contribution in [0.5, 0.6) is 0 Å². The first kappa shape index (κ1) is 12.8. The summed E-state index contributed by atoms with van der Waals surface area (Å²) in [5.41, 5.74) is 0. The zero-order valence-corrected chi connectivity index (χ0v) is 10.4. The predicted octanol–water partition coefficient (Wildman–Crippen LogP) is 1.25. The van der Waals surface area contributed by atoms with Crippen molar-refractivity contribution in [3.63, 3.8) is 0 Å². The van der Waals surface area contributed by atoms with Crippen molar-refractivity contribution in [2.24, 2.45) is 5.92 Å². The summed E-state index contributed by atoms with van der Waals surface area (Å²) in [4.78, 5) is 11.5. The van der Waals surface area contributed by atoms with Crippen LogP contribution < -0.4 is 10.6 Å². The Bertz CT molecular complexity index is 181. The summed E-state index contributed by atoms with van der Waals surface area (Å²) in [6.07, 6.45) is 4.19. The van der Waals surface area contributed by atoms with E-state index in [1.54, 1.807) is 0 Å². The third-order valence-electron chi connectivity index (χ3n) is 2.74. The van der Waals surface area contributed by atoms with Crippen molar-refractivity contribution in [2.45, 2.75) is 25.7 Å². The first-order valence-corrected chi connectivity index (χ1v) is 6.97. The lowest BCUT2D eigenvalue weighted by Gasteiger charge is -2.20. The highest BCUT2D eigenvalue weighted by Gasteiger charge is 2.16. The third-order valence-corrected chi connectivity index (χ3v) is 3.79. The van der Waals surface area contributed by atoms with E-state index in [1.165, 1.54) is 24.3 Å². The van der Waals surface area contributed by atoms with Crippen LogP contribution in [0.2, 0.25) is 0 Å². The van der Waals surface area contributed by atoms with E-state index in [2.05, 4.69) is 10.6 Å². The maximum absolute atomic E-state index is 11.5. The molecule has 1 fully saturated rings. The number of nitrogens with one attached hydrogen (secondary N) is 2. The third kappa shape index (κ3) is 6.05. The molecule has 15 heavy (non-hydrogen) atoms. The fourth-order valence-corrected chi connectivity index (χ4v) is 2.98. The second-order valence-electron chi connectivity index (χ2n) is 4.07. The molecule has 1 saturated heterocycles. The summed E-state index contributed by atoms with van der Waals surface area (Å²) in [5.74, 6) is 3.34. The monoisotopic (exact) mass is 230 g/mol. The Kier molecular flexibility index (Phi) is 6.85. The smallest absolute Gasteiger partial charge is 0.220 e. The van der Waals surface area contributed by atoms with Crippen LogP contribution >= 0.6 is 11.8 Å². The quantitative estimate of drug-likeness (QED) is 0.675. The molecule has 0 unspecified atom stereocenters. The second kappa shape index (κ2) is 7.99. The Morgan fingerprint density at radius 1 is 1.33 bits per heavy atom. The van der Waals surface area contributed by atoms with Crippen LogP contribution in [-0.4, -0.2) is 37.6 Å². The fourth-order valence-electron chi connectivity index (χ4n) is 1.78. The van der Waals surface area contributed by atoms with Crippen molar-refractivity contribution < 1.29 is 4.79 Å². The summed E-state index contributed by atoms with van der Waals surface area (Å²) in [6.45, 7) is 1.78. The van der Waals surface area contributed by atoms with Gasteiger partial charge in [0.05, 0.1) is 0 Å². The van der Waals surface area contributed by atoms with Crippen LogP contribution in [0.1, 0.15) is 25.7 Å². The molecular weight excluding hydrogens is 208 g/mol. The Morgan fingerprint density at radius 2 is 2.07 bits per heavy atom. The van der Waals surface area contributed by atoms with E-state index in [0.717, 1.165) is 25.9 Å². The SMILES string of the molecule is CNCCCNC(=O)CC1CCSCC1. The first-order chi connectivity index (χ1) is 7.33. The molecule has 1 aliphatic rings. The topological polar surface area (TPSA) is 41.1 Å². The molecule has 1 aliphatic heterocycles. The van der Waals surface area contributed by atoms with Gasteiger partial charge in [0.15, 0.2) is 0 Å². The van der Waals surface area contributed by atoms with Crippen LogP contribution in [0.15, 0.2) is 0 Å². The van der Waals surface area contributed by atoms with Crippen LogP contribution in [0.3, 0.4) is 0 Å². The number of thioether (sulfide) groups is 1. The van der Waals surface area contributed by atoms with Crippen molar-refractivity contribution in [1.82, 2.24) is 10.6 Å². The van der Waals surface area contributed by atoms with E-state index in [0.29, 0.717) is 5.92 Å². The van der Waals surface area contributed by atoms with E-state index in [4.69, 9.17) is 0 Å². The minimum atomic E-state index is 0.239. The van der Waals surface area contributed by atoms with Gasteiger partial charge in [-0.25, -0.2) is 0 Å². The molecular formula is C11H22N2OS. The van der Waals surface area contributed by atoms with Gasteiger partial charge in [0, 0.05) is 13.0 Å². The van der Waals surface area contributed by atoms with Gasteiger partial charge in [-0.1, -0.05) is 0 Å². The summed E-state index contributed by atoms with van der Waals surface area (Å²) in [7, 11) is 1.93. The summed E-state index contributed by atoms with van der Waals surface area (Å²) < 4.78 is 0. The highest BCUT2D eigenvalue weighted by Crippen LogP contribution is 2.24. The number of carbonyl (C=O) groups excluding carboxylic acids is 1. The fraction of sp³-hybridized carbons (Fsp3) is 0.909. The lowest BCUT2D eigenvalue weighted by Crippen LogP contribution is -2.29. The van der Waals surface area contributed by atoms with E-state index >= 15 is 0 Å². The molecule has 4 heteroatoms. The zero-order valence-electron chi connectivity index (χ0n) is 9.55. The summed E-state index contributed by atoms with van der Waals surface area (Å²) in [5, 5.41) is 6.05. The van der Waals surface area contributed by atoms with Gasteiger partial charge < -0.3 is 10.6 Å². The van der Waals surface area contributed by atoms with Gasteiger partial charge in [0.1, 0.15) is 0 Å². The number of carbonyl (C=O) groups is 1. The van der Waals surface area contributed by atoms with Gasteiger partial charge in [-0.05, 0) is 50.3 Å². The minimum absolute atomic E-state index is 0.239. The van der Waals surface area contributed by atoms with E-state index in [9.17, 15) is 4.79 Å². The molecule has 0 aromatic heterocycles. The summed E-state index contributed by atoms with van der Waals surface area (Å²) >= 11 is 2.01. The number of rotatable bonds is 6.